The fraction of sp³-hybridized carbons (Fsp3) is 0.276. The summed E-state index contributed by atoms with van der Waals surface area (Å²) in [7, 11) is 0. The van der Waals surface area contributed by atoms with Crippen LogP contribution in [0.1, 0.15) is 53.7 Å². The molecule has 3 N–H and O–H groups in total. The van der Waals surface area contributed by atoms with E-state index in [0.29, 0.717) is 23.7 Å². The van der Waals surface area contributed by atoms with Gasteiger partial charge in [0, 0.05) is 6.54 Å². The first kappa shape index (κ1) is 26.1. The van der Waals surface area contributed by atoms with Crippen molar-refractivity contribution in [1.82, 2.24) is 10.6 Å². The number of anilines is 1. The van der Waals surface area contributed by atoms with Crippen LogP contribution in [0.4, 0.5) is 5.69 Å². The van der Waals surface area contributed by atoms with Crippen molar-refractivity contribution in [2.24, 2.45) is 5.92 Å². The molecule has 3 rings (SSSR count). The number of hydrogen-bond acceptors (Lipinski definition) is 3. The molecule has 0 saturated heterocycles. The molecule has 3 aromatic carbocycles. The van der Waals surface area contributed by atoms with E-state index in [4.69, 9.17) is 12.2 Å². The Morgan fingerprint density at radius 3 is 2.17 bits per heavy atom. The Bertz CT molecular complexity index is 1140. The predicted octanol–water partition coefficient (Wildman–Crippen LogP) is 5.47. The van der Waals surface area contributed by atoms with Crippen LogP contribution in [0, 0.1) is 5.92 Å². The lowest BCUT2D eigenvalue weighted by Gasteiger charge is -2.16. The molecule has 3 aromatic rings. The molecule has 1 unspecified atom stereocenters. The van der Waals surface area contributed by atoms with Gasteiger partial charge in [-0.3, -0.25) is 9.59 Å². The zero-order chi connectivity index (χ0) is 25.2. The van der Waals surface area contributed by atoms with Gasteiger partial charge in [-0.25, -0.2) is 0 Å². The second-order valence-corrected chi connectivity index (χ2v) is 9.45. The third-order valence-electron chi connectivity index (χ3n) is 5.72. The van der Waals surface area contributed by atoms with Crippen molar-refractivity contribution in [2.75, 3.05) is 11.9 Å². The normalized spacial score (nSPS) is 11.5. The lowest BCUT2D eigenvalue weighted by molar-refractivity contribution is -0.120. The first-order valence-corrected chi connectivity index (χ1v) is 12.4. The van der Waals surface area contributed by atoms with Crippen LogP contribution in [0.5, 0.6) is 0 Å². The molecule has 0 radical (unpaired) electrons. The molecule has 1 atom stereocenters. The van der Waals surface area contributed by atoms with Gasteiger partial charge in [-0.15, -0.1) is 0 Å². The first-order chi connectivity index (χ1) is 16.8. The van der Waals surface area contributed by atoms with Crippen LogP contribution in [0.3, 0.4) is 0 Å². The zero-order valence-corrected chi connectivity index (χ0v) is 21.3. The van der Waals surface area contributed by atoms with E-state index in [-0.39, 0.29) is 22.8 Å². The number of amides is 2. The molecule has 0 spiro atoms. The van der Waals surface area contributed by atoms with Crippen molar-refractivity contribution >= 4 is 34.8 Å². The lowest BCUT2D eigenvalue weighted by atomic mass is 9.96. The fourth-order valence-electron chi connectivity index (χ4n) is 3.79. The van der Waals surface area contributed by atoms with Crippen molar-refractivity contribution in [3.8, 4) is 0 Å². The second-order valence-electron chi connectivity index (χ2n) is 9.04. The van der Waals surface area contributed by atoms with E-state index in [2.05, 4.69) is 41.9 Å². The summed E-state index contributed by atoms with van der Waals surface area (Å²) < 4.78 is 0. The highest BCUT2D eigenvalue weighted by Crippen LogP contribution is 2.19. The van der Waals surface area contributed by atoms with E-state index in [1.165, 1.54) is 5.56 Å². The maximum absolute atomic E-state index is 12.8. The number of rotatable bonds is 9. The molecule has 6 heteroatoms. The highest BCUT2D eigenvalue weighted by Gasteiger charge is 2.18. The molecule has 0 saturated carbocycles. The Morgan fingerprint density at radius 2 is 1.49 bits per heavy atom. The Hall–Kier alpha value is -3.51. The molecule has 0 aliphatic rings. The van der Waals surface area contributed by atoms with Crippen molar-refractivity contribution in [3.05, 3.63) is 101 Å². The summed E-state index contributed by atoms with van der Waals surface area (Å²) in [6.07, 6.45) is 1.75. The van der Waals surface area contributed by atoms with Gasteiger partial charge in [0.05, 0.1) is 17.2 Å². The SMILES string of the molecule is CC(C)Cc1ccc(C(C)C(=O)NC(=S)Nc2ccccc2C(=O)NCCc2ccccc2)cc1. The van der Waals surface area contributed by atoms with Gasteiger partial charge in [0.15, 0.2) is 5.11 Å². The molecule has 0 bridgehead atoms. The van der Waals surface area contributed by atoms with Crippen LogP contribution in [-0.4, -0.2) is 23.5 Å². The smallest absolute Gasteiger partial charge is 0.253 e. The predicted molar refractivity (Wildman–Crippen MR) is 147 cm³/mol. The largest absolute Gasteiger partial charge is 0.352 e. The molecular weight excluding hydrogens is 454 g/mol. The Morgan fingerprint density at radius 1 is 0.829 bits per heavy atom. The van der Waals surface area contributed by atoms with E-state index in [1.54, 1.807) is 18.2 Å². The van der Waals surface area contributed by atoms with Gasteiger partial charge in [-0.1, -0.05) is 80.6 Å². The van der Waals surface area contributed by atoms with Crippen LogP contribution in [0.15, 0.2) is 78.9 Å². The number of para-hydroxylation sites is 1. The topological polar surface area (TPSA) is 70.2 Å². The minimum atomic E-state index is -0.362. The third kappa shape index (κ3) is 8.04. The van der Waals surface area contributed by atoms with Gasteiger partial charge in [0.2, 0.25) is 5.91 Å². The number of carbonyl (C=O) groups excluding carboxylic acids is 2. The molecule has 35 heavy (non-hydrogen) atoms. The molecule has 0 fully saturated rings. The number of thiocarbonyl (C=S) groups is 1. The number of benzene rings is 3. The van der Waals surface area contributed by atoms with Crippen molar-refractivity contribution in [1.29, 1.82) is 0 Å². The molecule has 0 aliphatic heterocycles. The van der Waals surface area contributed by atoms with E-state index in [1.807, 2.05) is 55.5 Å². The van der Waals surface area contributed by atoms with Crippen LogP contribution in [0.2, 0.25) is 0 Å². The van der Waals surface area contributed by atoms with E-state index >= 15 is 0 Å². The van der Waals surface area contributed by atoms with Crippen LogP contribution >= 0.6 is 12.2 Å². The molecular formula is C29H33N3O2S. The number of carbonyl (C=O) groups is 2. The second kappa shape index (κ2) is 12.8. The Kier molecular flexibility index (Phi) is 9.56. The number of nitrogens with one attached hydrogen (secondary N) is 3. The summed E-state index contributed by atoms with van der Waals surface area (Å²) in [5.74, 6) is -0.185. The summed E-state index contributed by atoms with van der Waals surface area (Å²) >= 11 is 5.37. The van der Waals surface area contributed by atoms with Gasteiger partial charge in [-0.2, -0.15) is 0 Å². The Labute approximate surface area is 213 Å². The summed E-state index contributed by atoms with van der Waals surface area (Å²) in [6, 6.07) is 25.2. The summed E-state index contributed by atoms with van der Waals surface area (Å²) in [6.45, 7) is 6.74. The molecule has 2 amide bonds. The van der Waals surface area contributed by atoms with Crippen LogP contribution in [-0.2, 0) is 17.6 Å². The summed E-state index contributed by atoms with van der Waals surface area (Å²) in [5, 5.41) is 8.86. The maximum atomic E-state index is 12.8. The van der Waals surface area contributed by atoms with Gasteiger partial charge in [-0.05, 0) is 66.7 Å². The van der Waals surface area contributed by atoms with Crippen molar-refractivity contribution in [2.45, 2.75) is 39.5 Å². The van der Waals surface area contributed by atoms with Crippen LogP contribution in [0.25, 0.3) is 0 Å². The van der Waals surface area contributed by atoms with Crippen LogP contribution < -0.4 is 16.0 Å². The monoisotopic (exact) mass is 487 g/mol. The molecule has 0 aliphatic carbocycles. The Balaban J connectivity index is 1.55. The van der Waals surface area contributed by atoms with Crippen molar-refractivity contribution in [3.63, 3.8) is 0 Å². The zero-order valence-electron chi connectivity index (χ0n) is 20.5. The van der Waals surface area contributed by atoms with Gasteiger partial charge >= 0.3 is 0 Å². The molecule has 182 valence electrons. The maximum Gasteiger partial charge on any atom is 0.253 e. The minimum absolute atomic E-state index is 0.155. The summed E-state index contributed by atoms with van der Waals surface area (Å²) in [5.41, 5.74) is 4.35. The van der Waals surface area contributed by atoms with E-state index in [9.17, 15) is 9.59 Å². The average Bonchev–Trinajstić information content (AvgIpc) is 2.84. The third-order valence-corrected chi connectivity index (χ3v) is 5.92. The highest BCUT2D eigenvalue weighted by molar-refractivity contribution is 7.80. The fourth-order valence-corrected chi connectivity index (χ4v) is 4.00. The lowest BCUT2D eigenvalue weighted by Crippen LogP contribution is -2.37. The van der Waals surface area contributed by atoms with Gasteiger partial charge in [0.1, 0.15) is 0 Å². The summed E-state index contributed by atoms with van der Waals surface area (Å²) in [4.78, 5) is 25.5. The number of hydrogen-bond donors (Lipinski definition) is 3. The minimum Gasteiger partial charge on any atom is -0.352 e. The van der Waals surface area contributed by atoms with E-state index in [0.717, 1.165) is 24.0 Å². The van der Waals surface area contributed by atoms with Gasteiger partial charge < -0.3 is 16.0 Å². The van der Waals surface area contributed by atoms with Crippen molar-refractivity contribution < 1.29 is 9.59 Å². The molecule has 0 heterocycles. The first-order valence-electron chi connectivity index (χ1n) is 12.0. The highest BCUT2D eigenvalue weighted by atomic mass is 32.1. The van der Waals surface area contributed by atoms with E-state index < -0.39 is 0 Å². The quantitative estimate of drug-likeness (QED) is 0.350. The van der Waals surface area contributed by atoms with Gasteiger partial charge in [0.25, 0.3) is 5.91 Å². The standard InChI is InChI=1S/C29H33N3O2S/c1-20(2)19-23-13-15-24(16-14-23)21(3)27(33)32-29(35)31-26-12-8-7-11-25(26)28(34)30-18-17-22-9-5-4-6-10-22/h4-16,20-21H,17-19H2,1-3H3,(H,30,34)(H2,31,32,33,35). The molecule has 5 nitrogen and oxygen atoms in total. The molecule has 0 aromatic heterocycles. The average molecular weight is 488 g/mol.